The van der Waals surface area contributed by atoms with Gasteiger partial charge < -0.3 is 5.73 Å². The molecule has 0 spiro atoms. The van der Waals surface area contributed by atoms with E-state index in [0.29, 0.717) is 0 Å². The number of hydrogen-bond acceptors (Lipinski definition) is 2. The molecule has 2 nitrogen and oxygen atoms in total. The van der Waals surface area contributed by atoms with E-state index in [2.05, 4.69) is 24.0 Å². The Hall–Kier alpha value is -0.890. The maximum atomic E-state index is 6.18. The van der Waals surface area contributed by atoms with Gasteiger partial charge in [0.1, 0.15) is 0 Å². The van der Waals surface area contributed by atoms with Crippen LogP contribution in [0.15, 0.2) is 18.3 Å². The zero-order chi connectivity index (χ0) is 12.1. The van der Waals surface area contributed by atoms with Gasteiger partial charge in [-0.05, 0) is 37.3 Å². The number of pyridine rings is 1. The molecule has 1 aliphatic rings. The fourth-order valence-corrected chi connectivity index (χ4v) is 2.74. The number of nitrogens with two attached hydrogens (primary N) is 1. The molecule has 1 saturated carbocycles. The van der Waals surface area contributed by atoms with E-state index in [4.69, 9.17) is 5.73 Å². The fraction of sp³-hybridized carbons (Fsp3) is 0.667. The third kappa shape index (κ3) is 4.12. The van der Waals surface area contributed by atoms with Crippen LogP contribution in [0.5, 0.6) is 0 Å². The van der Waals surface area contributed by atoms with Gasteiger partial charge in [-0.2, -0.15) is 0 Å². The molecule has 0 amide bonds. The molecule has 1 fully saturated rings. The van der Waals surface area contributed by atoms with Gasteiger partial charge in [0.25, 0.3) is 0 Å². The third-order valence-corrected chi connectivity index (χ3v) is 3.86. The van der Waals surface area contributed by atoms with Crippen LogP contribution in [0.2, 0.25) is 0 Å². The van der Waals surface area contributed by atoms with Crippen LogP contribution < -0.4 is 5.73 Å². The average molecular weight is 232 g/mol. The summed E-state index contributed by atoms with van der Waals surface area (Å²) in [4.78, 5) is 4.42. The molecule has 1 aromatic rings. The molecule has 17 heavy (non-hydrogen) atoms. The molecule has 94 valence electrons. The van der Waals surface area contributed by atoms with Crippen LogP contribution in [-0.4, -0.2) is 11.0 Å². The highest BCUT2D eigenvalue weighted by Gasteiger charge is 2.16. The highest BCUT2D eigenvalue weighted by Crippen LogP contribution is 2.28. The first-order valence-corrected chi connectivity index (χ1v) is 6.91. The Morgan fingerprint density at radius 1 is 1.35 bits per heavy atom. The van der Waals surface area contributed by atoms with Crippen molar-refractivity contribution in [1.82, 2.24) is 4.98 Å². The summed E-state index contributed by atoms with van der Waals surface area (Å²) >= 11 is 0. The molecule has 2 N–H and O–H groups in total. The average Bonchev–Trinajstić information content (AvgIpc) is 2.83. The lowest BCUT2D eigenvalue weighted by Crippen LogP contribution is -2.24. The quantitative estimate of drug-likeness (QED) is 0.846. The van der Waals surface area contributed by atoms with Gasteiger partial charge in [-0.15, -0.1) is 0 Å². The topological polar surface area (TPSA) is 38.9 Å². The summed E-state index contributed by atoms with van der Waals surface area (Å²) in [5, 5.41) is 0. The summed E-state index contributed by atoms with van der Waals surface area (Å²) in [6.07, 6.45) is 11.0. The van der Waals surface area contributed by atoms with E-state index in [1.54, 1.807) is 0 Å². The van der Waals surface area contributed by atoms with Crippen LogP contribution in [0.25, 0.3) is 0 Å². The molecule has 1 unspecified atom stereocenters. The summed E-state index contributed by atoms with van der Waals surface area (Å²) in [5.74, 6) is 0.951. The van der Waals surface area contributed by atoms with Crippen LogP contribution in [0.4, 0.5) is 0 Å². The van der Waals surface area contributed by atoms with Crippen LogP contribution in [0, 0.1) is 12.8 Å². The van der Waals surface area contributed by atoms with Crippen molar-refractivity contribution >= 4 is 0 Å². The predicted octanol–water partition coefficient (Wildman–Crippen LogP) is 3.23. The molecule has 1 heterocycles. The molecule has 0 aliphatic heterocycles. The van der Waals surface area contributed by atoms with Gasteiger partial charge in [-0.25, -0.2) is 0 Å². The first-order chi connectivity index (χ1) is 8.24. The normalized spacial score (nSPS) is 18.5. The van der Waals surface area contributed by atoms with Gasteiger partial charge in [0.05, 0.1) is 0 Å². The lowest BCUT2D eigenvalue weighted by Gasteiger charge is -2.14. The van der Waals surface area contributed by atoms with Crippen molar-refractivity contribution in [2.24, 2.45) is 11.7 Å². The minimum Gasteiger partial charge on any atom is -0.327 e. The van der Waals surface area contributed by atoms with E-state index in [0.717, 1.165) is 24.5 Å². The van der Waals surface area contributed by atoms with Crippen molar-refractivity contribution in [3.8, 4) is 0 Å². The second kappa shape index (κ2) is 6.15. The Morgan fingerprint density at radius 2 is 2.12 bits per heavy atom. The van der Waals surface area contributed by atoms with Crippen LogP contribution in [-0.2, 0) is 6.42 Å². The number of aromatic nitrogens is 1. The summed E-state index contributed by atoms with van der Waals surface area (Å²) in [7, 11) is 0. The molecule has 0 saturated heterocycles. The second-order valence-electron chi connectivity index (χ2n) is 5.52. The minimum absolute atomic E-state index is 0.283. The predicted molar refractivity (Wildman–Crippen MR) is 71.8 cm³/mol. The molecular weight excluding hydrogens is 208 g/mol. The molecule has 1 atom stereocenters. The smallest absolute Gasteiger partial charge is 0.0419 e. The minimum atomic E-state index is 0.283. The Labute approximate surface area is 105 Å². The van der Waals surface area contributed by atoms with Crippen molar-refractivity contribution in [3.05, 3.63) is 29.6 Å². The standard InChI is InChI=1S/C15H24N2/c1-12-6-9-15(17-11-12)10-14(16)8-7-13-4-2-3-5-13/h6,9,11,13-14H,2-5,7-8,10,16H2,1H3. The zero-order valence-electron chi connectivity index (χ0n) is 10.9. The van der Waals surface area contributed by atoms with Gasteiger partial charge in [-0.3, -0.25) is 4.98 Å². The second-order valence-corrected chi connectivity index (χ2v) is 5.52. The van der Waals surface area contributed by atoms with E-state index in [1.165, 1.54) is 37.7 Å². The van der Waals surface area contributed by atoms with E-state index < -0.39 is 0 Å². The number of aryl methyl sites for hydroxylation is 1. The maximum absolute atomic E-state index is 6.18. The van der Waals surface area contributed by atoms with Crippen molar-refractivity contribution in [3.63, 3.8) is 0 Å². The van der Waals surface area contributed by atoms with Crippen LogP contribution >= 0.6 is 0 Å². The van der Waals surface area contributed by atoms with Crippen molar-refractivity contribution in [1.29, 1.82) is 0 Å². The van der Waals surface area contributed by atoms with Gasteiger partial charge in [-0.1, -0.05) is 31.7 Å². The summed E-state index contributed by atoms with van der Waals surface area (Å²) in [5.41, 5.74) is 8.53. The highest BCUT2D eigenvalue weighted by atomic mass is 14.7. The van der Waals surface area contributed by atoms with Crippen molar-refractivity contribution in [2.45, 2.75) is 57.9 Å². The molecule has 2 rings (SSSR count). The highest BCUT2D eigenvalue weighted by molar-refractivity contribution is 5.12. The molecule has 0 bridgehead atoms. The molecule has 0 radical (unpaired) electrons. The van der Waals surface area contributed by atoms with Gasteiger partial charge in [0.15, 0.2) is 0 Å². The monoisotopic (exact) mass is 232 g/mol. The molecule has 0 aromatic carbocycles. The summed E-state index contributed by atoms with van der Waals surface area (Å²) in [6.45, 7) is 2.07. The Balaban J connectivity index is 1.72. The summed E-state index contributed by atoms with van der Waals surface area (Å²) < 4.78 is 0. The number of rotatable bonds is 5. The zero-order valence-corrected chi connectivity index (χ0v) is 10.9. The fourth-order valence-electron chi connectivity index (χ4n) is 2.74. The van der Waals surface area contributed by atoms with E-state index >= 15 is 0 Å². The van der Waals surface area contributed by atoms with Crippen LogP contribution in [0.3, 0.4) is 0 Å². The van der Waals surface area contributed by atoms with Gasteiger partial charge >= 0.3 is 0 Å². The Morgan fingerprint density at radius 3 is 2.76 bits per heavy atom. The first kappa shape index (κ1) is 12.6. The van der Waals surface area contributed by atoms with Crippen molar-refractivity contribution in [2.75, 3.05) is 0 Å². The Kier molecular flexibility index (Phi) is 4.55. The Bertz CT molecular complexity index is 325. The first-order valence-electron chi connectivity index (χ1n) is 6.91. The van der Waals surface area contributed by atoms with E-state index in [1.807, 2.05) is 6.20 Å². The summed E-state index contributed by atoms with van der Waals surface area (Å²) in [6, 6.07) is 4.50. The molecule has 1 aromatic heterocycles. The SMILES string of the molecule is Cc1ccc(CC(N)CCC2CCCC2)nc1. The lowest BCUT2D eigenvalue weighted by atomic mass is 9.97. The maximum Gasteiger partial charge on any atom is 0.0419 e. The largest absolute Gasteiger partial charge is 0.327 e. The van der Waals surface area contributed by atoms with Gasteiger partial charge in [0, 0.05) is 24.4 Å². The van der Waals surface area contributed by atoms with E-state index in [-0.39, 0.29) is 6.04 Å². The van der Waals surface area contributed by atoms with E-state index in [9.17, 15) is 0 Å². The van der Waals surface area contributed by atoms with Gasteiger partial charge in [0.2, 0.25) is 0 Å². The molecule has 2 heteroatoms. The number of nitrogens with zero attached hydrogens (tertiary/aromatic N) is 1. The number of hydrogen-bond donors (Lipinski definition) is 1. The lowest BCUT2D eigenvalue weighted by molar-refractivity contribution is 0.446. The van der Waals surface area contributed by atoms with Crippen LogP contribution in [0.1, 0.15) is 49.8 Å². The molecular formula is C15H24N2. The van der Waals surface area contributed by atoms with Crippen molar-refractivity contribution < 1.29 is 0 Å². The third-order valence-electron chi connectivity index (χ3n) is 3.86. The molecule has 1 aliphatic carbocycles.